The van der Waals surface area contributed by atoms with Crippen LogP contribution in [0.15, 0.2) is 90.0 Å². The molecule has 2 bridgehead atoms. The molecule has 7 rings (SSSR count). The summed E-state index contributed by atoms with van der Waals surface area (Å²) in [4.78, 5) is 23.3. The first-order valence-corrected chi connectivity index (χ1v) is 14.1. The number of fused-ring (bicyclic) bond motifs is 3. The number of H-pyrrole nitrogens is 1. The van der Waals surface area contributed by atoms with Crippen LogP contribution in [0.4, 0.5) is 5.95 Å². The average molecular weight is 598 g/mol. The summed E-state index contributed by atoms with van der Waals surface area (Å²) in [6.07, 6.45) is -1.20. The zero-order valence-electron chi connectivity index (χ0n) is 24.0. The average Bonchev–Trinajstić information content (AvgIpc) is 3.71. The monoisotopic (exact) mass is 597 g/mol. The van der Waals surface area contributed by atoms with Crippen LogP contribution < -0.4 is 20.8 Å². The van der Waals surface area contributed by atoms with E-state index in [0.29, 0.717) is 11.5 Å². The Morgan fingerprint density at radius 3 is 2.23 bits per heavy atom. The number of hydrogen-bond donors (Lipinski definition) is 3. The second kappa shape index (κ2) is 10.8. The fourth-order valence-corrected chi connectivity index (χ4v) is 6.17. The molecule has 0 saturated carbocycles. The molecule has 2 aromatic heterocycles. The first kappa shape index (κ1) is 28.0. The molecular weight excluding hydrogens is 566 g/mol. The maximum Gasteiger partial charge on any atom is 0.280 e. The molecular formula is C32H31N5O7. The number of imidazole rings is 1. The Morgan fingerprint density at radius 1 is 1.00 bits per heavy atom. The highest BCUT2D eigenvalue weighted by Gasteiger charge is 2.63. The van der Waals surface area contributed by atoms with Gasteiger partial charge in [-0.1, -0.05) is 54.6 Å². The van der Waals surface area contributed by atoms with E-state index in [-0.39, 0.29) is 30.3 Å². The molecule has 4 heterocycles. The van der Waals surface area contributed by atoms with Crippen LogP contribution in [0.2, 0.25) is 0 Å². The number of rotatable bonds is 9. The number of benzene rings is 3. The number of methoxy groups -OCH3 is 2. The molecule has 12 heteroatoms. The molecule has 2 aliphatic rings. The number of nitrogens with two attached hydrogens (primary N) is 1. The largest absolute Gasteiger partial charge is 0.497 e. The highest BCUT2D eigenvalue weighted by molar-refractivity contribution is 5.70. The van der Waals surface area contributed by atoms with Crippen LogP contribution in [0.3, 0.4) is 0 Å². The van der Waals surface area contributed by atoms with Gasteiger partial charge in [0.2, 0.25) is 5.95 Å². The van der Waals surface area contributed by atoms with Crippen molar-refractivity contribution >= 4 is 17.1 Å². The van der Waals surface area contributed by atoms with Gasteiger partial charge in [-0.15, -0.1) is 0 Å². The van der Waals surface area contributed by atoms with Crippen molar-refractivity contribution in [1.82, 2.24) is 19.5 Å². The number of nitrogens with zero attached hydrogens (tertiary/aromatic N) is 3. The Bertz CT molecular complexity index is 1790. The topological polar surface area (TPSA) is 156 Å². The number of nitrogen functional groups attached to an aromatic ring is 1. The number of hydrogen-bond acceptors (Lipinski definition) is 10. The van der Waals surface area contributed by atoms with Gasteiger partial charge in [0.15, 0.2) is 17.4 Å². The van der Waals surface area contributed by atoms with Crippen LogP contribution >= 0.6 is 0 Å². The molecule has 2 aliphatic heterocycles. The normalized spacial score (nSPS) is 22.8. The van der Waals surface area contributed by atoms with Crippen LogP contribution in [-0.4, -0.2) is 69.9 Å². The summed E-state index contributed by atoms with van der Waals surface area (Å²) >= 11 is 0. The maximum absolute atomic E-state index is 12.4. The molecule has 2 unspecified atom stereocenters. The number of aromatic amines is 1. The number of nitrogens with one attached hydrogen (secondary N) is 1. The van der Waals surface area contributed by atoms with Crippen molar-refractivity contribution in [3.8, 4) is 11.5 Å². The van der Waals surface area contributed by atoms with Crippen LogP contribution in [0.25, 0.3) is 11.2 Å². The van der Waals surface area contributed by atoms with Crippen molar-refractivity contribution in [3.05, 3.63) is 112 Å². The van der Waals surface area contributed by atoms with E-state index in [2.05, 4.69) is 15.0 Å². The molecule has 0 spiro atoms. The van der Waals surface area contributed by atoms with Crippen molar-refractivity contribution in [2.45, 2.75) is 29.6 Å². The van der Waals surface area contributed by atoms with E-state index < -0.39 is 35.2 Å². The molecule has 0 amide bonds. The zero-order valence-corrected chi connectivity index (χ0v) is 24.0. The summed E-state index contributed by atoms with van der Waals surface area (Å²) in [6.45, 7) is 0.0467. The predicted molar refractivity (Wildman–Crippen MR) is 159 cm³/mol. The maximum atomic E-state index is 12.4. The molecule has 44 heavy (non-hydrogen) atoms. The minimum Gasteiger partial charge on any atom is -0.497 e. The second-order valence-corrected chi connectivity index (χ2v) is 10.9. The lowest BCUT2D eigenvalue weighted by atomic mass is 9.79. The molecule has 226 valence electrons. The Morgan fingerprint density at radius 2 is 1.61 bits per heavy atom. The van der Waals surface area contributed by atoms with Gasteiger partial charge in [-0.3, -0.25) is 14.3 Å². The lowest BCUT2D eigenvalue weighted by molar-refractivity contribution is -0.202. The zero-order chi connectivity index (χ0) is 30.5. The highest BCUT2D eigenvalue weighted by Crippen LogP contribution is 2.48. The minimum atomic E-state index is -1.24. The standard InChI is InChI=1S/C32H31N5O7/c1-40-22-12-8-20(9-13-22)32(19-6-4-3-5-7-19,21-10-14-23(41-2)15-11-21)43-17-31-16-42-25(26(31)38)29(44-31)37-18-34-24-27(37)35-30(33)36-28(24)39/h3-15,18,25-26,29,38H,16-17H2,1-2H3,(H3,33,35,36,39)/t25?,26?,29-,31-/m1/s1. The number of aliphatic hydroxyl groups is 1. The van der Waals surface area contributed by atoms with Gasteiger partial charge in [-0.25, -0.2) is 4.98 Å². The molecule has 0 radical (unpaired) electrons. The van der Waals surface area contributed by atoms with Crippen LogP contribution in [0.1, 0.15) is 22.9 Å². The summed E-state index contributed by atoms with van der Waals surface area (Å²) in [5, 5.41) is 11.6. The summed E-state index contributed by atoms with van der Waals surface area (Å²) in [6, 6.07) is 25.2. The summed E-state index contributed by atoms with van der Waals surface area (Å²) < 4.78 is 32.1. The summed E-state index contributed by atoms with van der Waals surface area (Å²) in [5.74, 6) is 1.35. The number of aromatic nitrogens is 4. The fourth-order valence-electron chi connectivity index (χ4n) is 6.17. The van der Waals surface area contributed by atoms with Gasteiger partial charge in [0.1, 0.15) is 34.9 Å². The third-order valence-electron chi connectivity index (χ3n) is 8.44. The van der Waals surface area contributed by atoms with Crippen molar-refractivity contribution in [2.24, 2.45) is 0 Å². The van der Waals surface area contributed by atoms with E-state index in [1.807, 2.05) is 78.9 Å². The second-order valence-electron chi connectivity index (χ2n) is 10.9. The third-order valence-corrected chi connectivity index (χ3v) is 8.44. The number of ether oxygens (including phenoxy) is 5. The first-order chi connectivity index (χ1) is 21.4. The molecule has 3 aromatic carbocycles. The molecule has 0 aliphatic carbocycles. The molecule has 2 saturated heterocycles. The number of anilines is 1. The van der Waals surface area contributed by atoms with Gasteiger partial charge >= 0.3 is 0 Å². The van der Waals surface area contributed by atoms with Gasteiger partial charge in [0, 0.05) is 0 Å². The van der Waals surface area contributed by atoms with Crippen LogP contribution in [0.5, 0.6) is 11.5 Å². The Hall–Kier alpha value is -4.75. The Kier molecular flexibility index (Phi) is 6.85. The fraction of sp³-hybridized carbons (Fsp3) is 0.281. The molecule has 4 atom stereocenters. The first-order valence-electron chi connectivity index (χ1n) is 14.1. The van der Waals surface area contributed by atoms with Crippen molar-refractivity contribution < 1.29 is 28.8 Å². The molecule has 4 N–H and O–H groups in total. The van der Waals surface area contributed by atoms with Crippen LogP contribution in [-0.2, 0) is 19.8 Å². The summed E-state index contributed by atoms with van der Waals surface area (Å²) in [7, 11) is 3.24. The van der Waals surface area contributed by atoms with E-state index >= 15 is 0 Å². The third kappa shape index (κ3) is 4.34. The highest BCUT2D eigenvalue weighted by atomic mass is 16.7. The van der Waals surface area contributed by atoms with Crippen molar-refractivity contribution in [3.63, 3.8) is 0 Å². The van der Waals surface area contributed by atoms with Crippen LogP contribution in [0, 0.1) is 0 Å². The molecule has 12 nitrogen and oxygen atoms in total. The van der Waals surface area contributed by atoms with Gasteiger partial charge in [0.25, 0.3) is 5.56 Å². The minimum absolute atomic E-state index is 0.0447. The Labute approximate surface area is 251 Å². The predicted octanol–water partition coefficient (Wildman–Crippen LogP) is 2.76. The lowest BCUT2D eigenvalue weighted by Gasteiger charge is -2.39. The quantitative estimate of drug-likeness (QED) is 0.216. The van der Waals surface area contributed by atoms with Gasteiger partial charge in [-0.05, 0) is 41.0 Å². The van der Waals surface area contributed by atoms with E-state index in [1.165, 1.54) is 6.33 Å². The van der Waals surface area contributed by atoms with E-state index in [1.54, 1.807) is 18.8 Å². The van der Waals surface area contributed by atoms with E-state index in [4.69, 9.17) is 29.4 Å². The summed E-state index contributed by atoms with van der Waals surface area (Å²) in [5.41, 5.74) is 5.85. The SMILES string of the molecule is COc1ccc(C(OC[C@]23COC(C2O)[C@H](n2cnc4c(=O)[nH]c(N)nc42)O3)(c2ccccc2)c2ccc(OC)cc2)cc1. The molecule has 2 fully saturated rings. The lowest BCUT2D eigenvalue weighted by Crippen LogP contribution is -2.48. The van der Waals surface area contributed by atoms with E-state index in [0.717, 1.165) is 16.7 Å². The smallest absolute Gasteiger partial charge is 0.280 e. The molecule has 5 aromatic rings. The Balaban J connectivity index is 1.31. The van der Waals surface area contributed by atoms with Crippen molar-refractivity contribution in [2.75, 3.05) is 33.2 Å². The van der Waals surface area contributed by atoms with E-state index in [9.17, 15) is 9.90 Å². The number of aliphatic hydroxyl groups excluding tert-OH is 1. The van der Waals surface area contributed by atoms with Gasteiger partial charge in [0.05, 0.1) is 33.8 Å². The van der Waals surface area contributed by atoms with Crippen molar-refractivity contribution in [1.29, 1.82) is 0 Å². The van der Waals surface area contributed by atoms with Gasteiger partial charge < -0.3 is 34.5 Å². The van der Waals surface area contributed by atoms with Gasteiger partial charge in [-0.2, -0.15) is 4.98 Å².